The molecule has 5 nitrogen and oxygen atoms in total. The van der Waals surface area contributed by atoms with Gasteiger partial charge in [-0.1, -0.05) is 39.7 Å². The van der Waals surface area contributed by atoms with Crippen molar-refractivity contribution in [2.75, 3.05) is 0 Å². The van der Waals surface area contributed by atoms with Gasteiger partial charge >= 0.3 is 0 Å². The zero-order chi connectivity index (χ0) is 18.1. The van der Waals surface area contributed by atoms with Gasteiger partial charge in [-0.25, -0.2) is 0 Å². The van der Waals surface area contributed by atoms with E-state index < -0.39 is 11.5 Å². The molecule has 0 bridgehead atoms. The van der Waals surface area contributed by atoms with Crippen LogP contribution in [0.3, 0.4) is 0 Å². The molecular weight excluding hydrogens is 475 g/mol. The predicted molar refractivity (Wildman–Crippen MR) is 104 cm³/mol. The average Bonchev–Trinajstić information content (AvgIpc) is 2.56. The number of hydrogen-bond acceptors (Lipinski definition) is 3. The number of carbonyl (C=O) groups excluding carboxylic acids is 1. The number of aromatic hydroxyl groups is 1. The Morgan fingerprint density at radius 1 is 1.20 bits per heavy atom. The molecule has 3 N–H and O–H groups in total. The Morgan fingerprint density at radius 3 is 2.56 bits per heavy atom. The van der Waals surface area contributed by atoms with E-state index in [0.29, 0.717) is 24.9 Å². The summed E-state index contributed by atoms with van der Waals surface area (Å²) >= 11 is 12.5. The molecule has 3 rings (SSSR count). The van der Waals surface area contributed by atoms with Crippen LogP contribution in [0.2, 0.25) is 5.02 Å². The monoisotopic (exact) mass is 484 g/mol. The molecule has 128 valence electrons. The van der Waals surface area contributed by atoms with Crippen molar-refractivity contribution in [1.29, 1.82) is 0 Å². The number of halogens is 3. The van der Waals surface area contributed by atoms with Gasteiger partial charge in [0.25, 0.3) is 11.5 Å². The average molecular weight is 487 g/mol. The minimum atomic E-state index is -0.665. The van der Waals surface area contributed by atoms with Gasteiger partial charge < -0.3 is 15.4 Å². The van der Waals surface area contributed by atoms with Crippen LogP contribution >= 0.6 is 43.5 Å². The van der Waals surface area contributed by atoms with E-state index in [1.807, 2.05) is 0 Å². The highest BCUT2D eigenvalue weighted by atomic mass is 79.9. The van der Waals surface area contributed by atoms with Gasteiger partial charge in [0.2, 0.25) is 0 Å². The fourth-order valence-electron chi connectivity index (χ4n) is 2.39. The van der Waals surface area contributed by atoms with E-state index in [9.17, 15) is 14.7 Å². The summed E-state index contributed by atoms with van der Waals surface area (Å²) in [7, 11) is 0. The summed E-state index contributed by atoms with van der Waals surface area (Å²) in [6.07, 6.45) is 0. The molecule has 0 aliphatic rings. The largest absolute Gasteiger partial charge is 0.506 e. The maximum absolute atomic E-state index is 12.4. The third-order valence-electron chi connectivity index (χ3n) is 3.61. The number of aromatic amines is 1. The molecule has 0 spiro atoms. The number of hydrogen-bond donors (Lipinski definition) is 3. The van der Waals surface area contributed by atoms with Crippen molar-refractivity contribution in [2.45, 2.75) is 6.54 Å². The van der Waals surface area contributed by atoms with Crippen LogP contribution in [0.4, 0.5) is 0 Å². The Morgan fingerprint density at radius 2 is 1.88 bits per heavy atom. The number of amides is 1. The third-order valence-corrected chi connectivity index (χ3v) is 4.94. The van der Waals surface area contributed by atoms with Gasteiger partial charge in [-0.15, -0.1) is 0 Å². The Balaban J connectivity index is 1.96. The van der Waals surface area contributed by atoms with Crippen LogP contribution < -0.4 is 10.9 Å². The maximum Gasteiger partial charge on any atom is 0.265 e. The van der Waals surface area contributed by atoms with Gasteiger partial charge in [-0.3, -0.25) is 9.59 Å². The van der Waals surface area contributed by atoms with Crippen molar-refractivity contribution in [3.05, 3.63) is 71.8 Å². The first-order chi connectivity index (χ1) is 11.9. The van der Waals surface area contributed by atoms with Crippen LogP contribution in [0.5, 0.6) is 5.75 Å². The molecule has 0 radical (unpaired) electrons. The molecule has 0 saturated carbocycles. The number of H-pyrrole nitrogens is 1. The second kappa shape index (κ2) is 7.19. The zero-order valence-corrected chi connectivity index (χ0v) is 16.5. The zero-order valence-electron chi connectivity index (χ0n) is 12.6. The maximum atomic E-state index is 12.4. The third kappa shape index (κ3) is 3.73. The SMILES string of the molecule is O=C(NCc1ccc(Cl)cc1)c1c(O)c2cc(Br)cc(Br)c2[nH]c1=O. The second-order valence-corrected chi connectivity index (χ2v) is 7.50. The fraction of sp³-hybridized carbons (Fsp3) is 0.0588. The van der Waals surface area contributed by atoms with E-state index in [1.54, 1.807) is 36.4 Å². The highest BCUT2D eigenvalue weighted by Crippen LogP contribution is 2.32. The molecule has 0 aliphatic heterocycles. The van der Waals surface area contributed by atoms with Crippen molar-refractivity contribution < 1.29 is 9.90 Å². The van der Waals surface area contributed by atoms with Crippen molar-refractivity contribution in [3.63, 3.8) is 0 Å². The van der Waals surface area contributed by atoms with Crippen LogP contribution in [-0.2, 0) is 6.54 Å². The lowest BCUT2D eigenvalue weighted by Gasteiger charge is -2.10. The molecule has 0 unspecified atom stereocenters. The summed E-state index contributed by atoms with van der Waals surface area (Å²) in [4.78, 5) is 27.3. The van der Waals surface area contributed by atoms with E-state index in [1.165, 1.54) is 0 Å². The lowest BCUT2D eigenvalue weighted by atomic mass is 10.1. The number of nitrogens with one attached hydrogen (secondary N) is 2. The van der Waals surface area contributed by atoms with Crippen molar-refractivity contribution in [1.82, 2.24) is 10.3 Å². The normalized spacial score (nSPS) is 10.8. The smallest absolute Gasteiger partial charge is 0.265 e. The molecule has 1 aromatic heterocycles. The van der Waals surface area contributed by atoms with E-state index in [0.717, 1.165) is 5.56 Å². The first kappa shape index (κ1) is 18.0. The summed E-state index contributed by atoms with van der Waals surface area (Å²) in [6, 6.07) is 10.3. The highest BCUT2D eigenvalue weighted by Gasteiger charge is 2.20. The lowest BCUT2D eigenvalue weighted by molar-refractivity contribution is 0.0947. The highest BCUT2D eigenvalue weighted by molar-refractivity contribution is 9.11. The first-order valence-corrected chi connectivity index (χ1v) is 9.10. The summed E-state index contributed by atoms with van der Waals surface area (Å²) < 4.78 is 1.29. The van der Waals surface area contributed by atoms with Gasteiger partial charge in [0.05, 0.1) is 5.52 Å². The van der Waals surface area contributed by atoms with E-state index in [2.05, 4.69) is 42.2 Å². The molecule has 1 amide bonds. The van der Waals surface area contributed by atoms with Crippen LogP contribution in [-0.4, -0.2) is 16.0 Å². The van der Waals surface area contributed by atoms with Crippen LogP contribution in [0.1, 0.15) is 15.9 Å². The van der Waals surface area contributed by atoms with E-state index >= 15 is 0 Å². The summed E-state index contributed by atoms with van der Waals surface area (Å²) in [5.41, 5.74) is 0.244. The number of fused-ring (bicyclic) bond motifs is 1. The number of pyridine rings is 1. The van der Waals surface area contributed by atoms with Gasteiger partial charge in [0, 0.05) is 25.9 Å². The van der Waals surface area contributed by atoms with Gasteiger partial charge in [0.15, 0.2) is 0 Å². The van der Waals surface area contributed by atoms with E-state index in [4.69, 9.17) is 11.6 Å². The molecule has 0 saturated heterocycles. The summed E-state index contributed by atoms with van der Waals surface area (Å²) in [5, 5.41) is 14.0. The molecule has 1 heterocycles. The molecule has 3 aromatic rings. The van der Waals surface area contributed by atoms with Crippen molar-refractivity contribution >= 4 is 60.3 Å². The van der Waals surface area contributed by atoms with Crippen molar-refractivity contribution in [3.8, 4) is 5.75 Å². The molecule has 25 heavy (non-hydrogen) atoms. The summed E-state index contributed by atoms with van der Waals surface area (Å²) in [5.74, 6) is -1.03. The minimum absolute atomic E-state index is 0.203. The van der Waals surface area contributed by atoms with Gasteiger partial charge in [0.1, 0.15) is 11.3 Å². The number of carbonyl (C=O) groups is 1. The number of rotatable bonds is 3. The number of benzene rings is 2. The second-order valence-electron chi connectivity index (χ2n) is 5.30. The fourth-order valence-corrected chi connectivity index (χ4v) is 3.84. The summed E-state index contributed by atoms with van der Waals surface area (Å²) in [6.45, 7) is 0.203. The molecule has 2 aromatic carbocycles. The molecule has 0 atom stereocenters. The molecular formula is C17H11Br2ClN2O3. The standard InChI is InChI=1S/C17H11Br2ClN2O3/c18-9-5-11-14(12(19)6-9)22-17(25)13(15(11)23)16(24)21-7-8-1-3-10(20)4-2-8/h1-6H,7H2,(H,21,24)(H2,22,23,25). The molecule has 0 fully saturated rings. The first-order valence-electron chi connectivity index (χ1n) is 7.13. The molecule has 0 aliphatic carbocycles. The quantitative estimate of drug-likeness (QED) is 0.515. The van der Waals surface area contributed by atoms with Crippen molar-refractivity contribution in [2.24, 2.45) is 0 Å². The van der Waals surface area contributed by atoms with Crippen LogP contribution in [0.25, 0.3) is 10.9 Å². The Bertz CT molecular complexity index is 1030. The van der Waals surface area contributed by atoms with E-state index in [-0.39, 0.29) is 17.9 Å². The Hall–Kier alpha value is -1.83. The Kier molecular flexibility index (Phi) is 5.17. The minimum Gasteiger partial charge on any atom is -0.506 e. The van der Waals surface area contributed by atoms with Gasteiger partial charge in [-0.05, 0) is 45.8 Å². The Labute approximate surface area is 164 Å². The topological polar surface area (TPSA) is 82.2 Å². The number of aromatic nitrogens is 1. The van der Waals surface area contributed by atoms with Crippen LogP contribution in [0, 0.1) is 0 Å². The lowest BCUT2D eigenvalue weighted by Crippen LogP contribution is -2.29. The predicted octanol–water partition coefficient (Wildman–Crippen LogP) is 4.34. The molecule has 8 heteroatoms. The van der Waals surface area contributed by atoms with Gasteiger partial charge in [-0.2, -0.15) is 0 Å². The van der Waals surface area contributed by atoms with Crippen LogP contribution in [0.15, 0.2) is 50.1 Å².